The van der Waals surface area contributed by atoms with Crippen LogP contribution >= 0.6 is 23.2 Å². The lowest BCUT2D eigenvalue weighted by molar-refractivity contribution is -0.0498. The molecule has 1 atom stereocenters. The molecule has 0 amide bonds. The quantitative estimate of drug-likeness (QED) is 0.258. The molecule has 1 aliphatic heterocycles. The zero-order valence-electron chi connectivity index (χ0n) is 17.2. The number of guanidine groups is 1. The fourth-order valence-electron chi connectivity index (χ4n) is 3.20. The van der Waals surface area contributed by atoms with Gasteiger partial charge in [0.1, 0.15) is 17.2 Å². The smallest absolute Gasteiger partial charge is 0.387 e. The topological polar surface area (TPSA) is 82.2 Å². The second-order valence-corrected chi connectivity index (χ2v) is 7.50. The van der Waals surface area contributed by atoms with Crippen molar-refractivity contribution < 1.29 is 18.3 Å². The molecule has 7 nitrogen and oxygen atoms in total. The summed E-state index contributed by atoms with van der Waals surface area (Å²) < 4.78 is 34.9. The van der Waals surface area contributed by atoms with Crippen molar-refractivity contribution in [2.45, 2.75) is 20.0 Å². The van der Waals surface area contributed by atoms with Crippen molar-refractivity contribution >= 4 is 40.6 Å². The number of hydrogen-bond donors (Lipinski definition) is 1. The molecule has 0 fully saturated rings. The fraction of sp³-hybridized carbons (Fsp3) is 0.286. The Balaban J connectivity index is 2.01. The Bertz CT molecular complexity index is 1090. The molecule has 3 rings (SSSR count). The van der Waals surface area contributed by atoms with E-state index < -0.39 is 6.61 Å². The van der Waals surface area contributed by atoms with E-state index in [2.05, 4.69) is 20.1 Å². The Kier molecular flexibility index (Phi) is 7.72. The van der Waals surface area contributed by atoms with E-state index in [9.17, 15) is 14.0 Å². The average molecular weight is 482 g/mol. The number of methoxy groups -OCH3 is 1. The lowest BCUT2D eigenvalue weighted by atomic mass is 9.95. The van der Waals surface area contributed by atoms with Crippen LogP contribution in [-0.4, -0.2) is 36.9 Å². The van der Waals surface area contributed by atoms with E-state index in [1.807, 2.05) is 19.2 Å². The molecular formula is C21H19Cl2F2N5O2. The van der Waals surface area contributed by atoms with Crippen LogP contribution in [0.25, 0.3) is 0 Å². The van der Waals surface area contributed by atoms with Crippen molar-refractivity contribution in [3.8, 4) is 17.7 Å². The van der Waals surface area contributed by atoms with Gasteiger partial charge in [0.2, 0.25) is 5.96 Å². The predicted octanol–water partition coefficient (Wildman–Crippen LogP) is 5.41. The van der Waals surface area contributed by atoms with Gasteiger partial charge in [-0.25, -0.2) is 10.0 Å². The maximum Gasteiger partial charge on any atom is 0.387 e. The summed E-state index contributed by atoms with van der Waals surface area (Å²) in [5.41, 5.74) is 1.75. The molecule has 0 radical (unpaired) electrons. The predicted molar refractivity (Wildman–Crippen MR) is 119 cm³/mol. The molecule has 0 saturated carbocycles. The Labute approximate surface area is 193 Å². The molecule has 1 unspecified atom stereocenters. The number of aliphatic imine (C=N–C) groups is 1. The van der Waals surface area contributed by atoms with Gasteiger partial charge in [-0.1, -0.05) is 36.2 Å². The van der Waals surface area contributed by atoms with E-state index in [1.165, 1.54) is 30.3 Å². The maximum atomic E-state index is 12.6. The van der Waals surface area contributed by atoms with Crippen LogP contribution in [0.1, 0.15) is 18.9 Å². The van der Waals surface area contributed by atoms with E-state index in [0.717, 1.165) is 17.7 Å². The minimum Gasteiger partial charge on any atom is -0.494 e. The number of ether oxygens (including phenoxy) is 2. The molecule has 0 spiro atoms. The van der Waals surface area contributed by atoms with Crippen molar-refractivity contribution in [3.05, 3.63) is 52.0 Å². The van der Waals surface area contributed by atoms with Gasteiger partial charge in [-0.05, 0) is 36.2 Å². The number of nitrogens with one attached hydrogen (secondary N) is 1. The first kappa shape index (κ1) is 23.6. The van der Waals surface area contributed by atoms with Crippen molar-refractivity contribution in [2.24, 2.45) is 16.0 Å². The highest BCUT2D eigenvalue weighted by molar-refractivity contribution is 6.42. The summed E-state index contributed by atoms with van der Waals surface area (Å²) in [6, 6.07) is 9.33. The zero-order valence-corrected chi connectivity index (χ0v) is 18.7. The first-order chi connectivity index (χ1) is 15.4. The number of hydrazone groups is 1. The lowest BCUT2D eigenvalue weighted by Gasteiger charge is -2.17. The minimum absolute atomic E-state index is 0.0355. The van der Waals surface area contributed by atoms with E-state index >= 15 is 0 Å². The molecule has 168 valence electrons. The van der Waals surface area contributed by atoms with E-state index in [-0.39, 0.29) is 23.3 Å². The number of nitriles is 1. The third kappa shape index (κ3) is 5.39. The van der Waals surface area contributed by atoms with Gasteiger partial charge in [-0.3, -0.25) is 5.32 Å². The van der Waals surface area contributed by atoms with Gasteiger partial charge < -0.3 is 9.47 Å². The van der Waals surface area contributed by atoms with Crippen LogP contribution < -0.4 is 14.8 Å². The van der Waals surface area contributed by atoms with Crippen molar-refractivity contribution in [1.82, 2.24) is 10.3 Å². The molecule has 1 aliphatic rings. The van der Waals surface area contributed by atoms with Crippen LogP contribution in [0.15, 0.2) is 46.5 Å². The van der Waals surface area contributed by atoms with Gasteiger partial charge in [0.05, 0.1) is 29.4 Å². The highest BCUT2D eigenvalue weighted by Crippen LogP contribution is 2.33. The third-order valence-corrected chi connectivity index (χ3v) is 5.47. The van der Waals surface area contributed by atoms with Crippen LogP contribution in [0, 0.1) is 17.4 Å². The molecule has 2 aromatic carbocycles. The fourth-order valence-corrected chi connectivity index (χ4v) is 3.50. The van der Waals surface area contributed by atoms with Crippen molar-refractivity contribution in [2.75, 3.05) is 13.7 Å². The highest BCUT2D eigenvalue weighted by Gasteiger charge is 2.29. The average Bonchev–Trinajstić information content (AvgIpc) is 3.19. The van der Waals surface area contributed by atoms with Crippen LogP contribution in [0.3, 0.4) is 0 Å². The molecule has 0 bridgehead atoms. The number of rotatable bonds is 6. The van der Waals surface area contributed by atoms with E-state index in [0.29, 0.717) is 22.3 Å². The largest absolute Gasteiger partial charge is 0.494 e. The maximum absolute atomic E-state index is 12.6. The molecule has 0 aromatic heterocycles. The highest BCUT2D eigenvalue weighted by atomic mass is 35.5. The molecule has 1 heterocycles. The molecule has 1 N–H and O–H groups in total. The third-order valence-electron chi connectivity index (χ3n) is 4.73. The summed E-state index contributed by atoms with van der Waals surface area (Å²) in [4.78, 5) is 4.40. The summed E-state index contributed by atoms with van der Waals surface area (Å²) in [6.45, 7) is -0.529. The summed E-state index contributed by atoms with van der Waals surface area (Å²) in [5.74, 6) is 0.356. The molecule has 0 aliphatic carbocycles. The first-order valence-electron chi connectivity index (χ1n) is 9.54. The van der Waals surface area contributed by atoms with Crippen LogP contribution in [0.2, 0.25) is 10.0 Å². The van der Waals surface area contributed by atoms with Gasteiger partial charge >= 0.3 is 6.61 Å². The summed E-state index contributed by atoms with van der Waals surface area (Å²) in [7, 11) is 1.42. The first-order valence-corrected chi connectivity index (χ1v) is 10.3. The Hall–Kier alpha value is -3.09. The second kappa shape index (κ2) is 10.5. The Morgan fingerprint density at radius 2 is 2.09 bits per heavy atom. The molecule has 0 saturated heterocycles. The second-order valence-electron chi connectivity index (χ2n) is 6.69. The summed E-state index contributed by atoms with van der Waals surface area (Å²) in [6.07, 6.45) is 2.61. The number of hydrogen-bond acceptors (Lipinski definition) is 5. The van der Waals surface area contributed by atoms with Gasteiger partial charge in [0.25, 0.3) is 0 Å². The number of benzene rings is 2. The minimum atomic E-state index is -2.99. The Morgan fingerprint density at radius 1 is 1.31 bits per heavy atom. The summed E-state index contributed by atoms with van der Waals surface area (Å²) >= 11 is 12.2. The zero-order chi connectivity index (χ0) is 23.3. The number of nitrogens with zero attached hydrogens (tertiary/aromatic N) is 4. The van der Waals surface area contributed by atoms with Crippen LogP contribution in [-0.2, 0) is 0 Å². The molecule has 32 heavy (non-hydrogen) atoms. The number of alkyl halides is 2. The van der Waals surface area contributed by atoms with Crippen molar-refractivity contribution in [3.63, 3.8) is 0 Å². The Morgan fingerprint density at radius 3 is 2.72 bits per heavy atom. The van der Waals surface area contributed by atoms with Gasteiger partial charge in [-0.15, -0.1) is 0 Å². The van der Waals surface area contributed by atoms with Crippen molar-refractivity contribution in [1.29, 1.82) is 5.26 Å². The van der Waals surface area contributed by atoms with Gasteiger partial charge in [0.15, 0.2) is 6.19 Å². The van der Waals surface area contributed by atoms with Crippen LogP contribution in [0.5, 0.6) is 11.5 Å². The van der Waals surface area contributed by atoms with Gasteiger partial charge in [0, 0.05) is 12.0 Å². The monoisotopic (exact) mass is 481 g/mol. The van der Waals surface area contributed by atoms with E-state index in [4.69, 9.17) is 27.9 Å². The SMILES string of the molecule is CCC1CN(C(=Nc2cc(OC(F)F)ccc2OC)NC#N)N=C1c1ccc(Cl)c(Cl)c1. The molecule has 11 heteroatoms. The van der Waals surface area contributed by atoms with Gasteiger partial charge in [-0.2, -0.15) is 19.1 Å². The summed E-state index contributed by atoms with van der Waals surface area (Å²) in [5, 5.41) is 18.8. The number of halogens is 4. The normalized spacial score (nSPS) is 16.1. The molecular weight excluding hydrogens is 463 g/mol. The van der Waals surface area contributed by atoms with Crippen LogP contribution in [0.4, 0.5) is 14.5 Å². The van der Waals surface area contributed by atoms with E-state index in [1.54, 1.807) is 12.1 Å². The molecule has 2 aromatic rings. The lowest BCUT2D eigenvalue weighted by Crippen LogP contribution is -2.35. The standard InChI is InChI=1S/C21H19Cl2F2N5O2/c1-3-12-10-30(29-19(12)13-4-6-15(22)16(23)8-13)21(27-11-26)28-17-9-14(32-20(24)25)5-7-18(17)31-2/h4-9,12,20H,3,10H2,1-2H3,(H,27,28).